The van der Waals surface area contributed by atoms with E-state index in [1.54, 1.807) is 17.5 Å². The Morgan fingerprint density at radius 1 is 1.42 bits per heavy atom. The summed E-state index contributed by atoms with van der Waals surface area (Å²) in [5, 5.41) is 10.7. The number of rotatable bonds is 1. The van der Waals surface area contributed by atoms with Gasteiger partial charge in [-0.3, -0.25) is 5.10 Å². The molecule has 0 amide bonds. The quantitative estimate of drug-likeness (QED) is 0.707. The lowest BCUT2D eigenvalue weighted by Crippen LogP contribution is -1.81. The normalized spacial score (nSPS) is 10.0. The van der Waals surface area contributed by atoms with E-state index in [0.717, 1.165) is 5.56 Å². The van der Waals surface area contributed by atoms with Crippen LogP contribution in [-0.2, 0) is 0 Å². The molecule has 4 heteroatoms. The van der Waals surface area contributed by atoms with Gasteiger partial charge >= 0.3 is 0 Å². The largest absolute Gasteiger partial charge is 0.268 e. The highest BCUT2D eigenvalue weighted by molar-refractivity contribution is 7.71. The van der Waals surface area contributed by atoms with E-state index in [2.05, 4.69) is 21.6 Å². The standard InChI is InChI=1S/C8H6N2S2/c11-8-3-7(4-9-10-8)6-1-2-12-5-6/h1-5H,(H,10,11). The van der Waals surface area contributed by atoms with Crippen LogP contribution in [0.2, 0.25) is 0 Å². The van der Waals surface area contributed by atoms with Crippen LogP contribution in [0.15, 0.2) is 29.1 Å². The molecule has 0 spiro atoms. The number of hydrogen-bond donors (Lipinski definition) is 1. The molecule has 0 aliphatic heterocycles. The van der Waals surface area contributed by atoms with Crippen molar-refractivity contribution < 1.29 is 0 Å². The summed E-state index contributed by atoms with van der Waals surface area (Å²) in [5.74, 6) is 0. The first kappa shape index (κ1) is 7.64. The first-order valence-corrected chi connectivity index (χ1v) is 4.79. The predicted octanol–water partition coefficient (Wildman–Crippen LogP) is 2.87. The van der Waals surface area contributed by atoms with Crippen LogP contribution < -0.4 is 0 Å². The van der Waals surface area contributed by atoms with Crippen molar-refractivity contribution in [1.29, 1.82) is 0 Å². The maximum Gasteiger partial charge on any atom is 0.120 e. The third-order valence-corrected chi connectivity index (χ3v) is 2.41. The minimum absolute atomic E-state index is 0.665. The van der Waals surface area contributed by atoms with Gasteiger partial charge in [0, 0.05) is 5.56 Å². The van der Waals surface area contributed by atoms with E-state index >= 15 is 0 Å². The van der Waals surface area contributed by atoms with E-state index in [1.165, 1.54) is 5.56 Å². The highest BCUT2D eigenvalue weighted by atomic mass is 32.1. The molecule has 0 radical (unpaired) electrons. The molecule has 0 aromatic carbocycles. The summed E-state index contributed by atoms with van der Waals surface area (Å²) in [6.45, 7) is 0. The fraction of sp³-hybridized carbons (Fsp3) is 0. The molecule has 2 aromatic rings. The Kier molecular flexibility index (Phi) is 2.01. The topological polar surface area (TPSA) is 28.7 Å². The molecule has 0 bridgehead atoms. The minimum Gasteiger partial charge on any atom is -0.268 e. The molecule has 0 aliphatic carbocycles. The Bertz CT molecular complexity index is 417. The van der Waals surface area contributed by atoms with E-state index in [0.29, 0.717) is 4.64 Å². The molecule has 0 atom stereocenters. The van der Waals surface area contributed by atoms with Gasteiger partial charge in [0.1, 0.15) is 4.64 Å². The number of nitrogens with one attached hydrogen (secondary N) is 1. The monoisotopic (exact) mass is 194 g/mol. The summed E-state index contributed by atoms with van der Waals surface area (Å²) in [7, 11) is 0. The summed E-state index contributed by atoms with van der Waals surface area (Å²) in [5.41, 5.74) is 2.24. The van der Waals surface area contributed by atoms with E-state index < -0.39 is 0 Å². The predicted molar refractivity (Wildman–Crippen MR) is 52.7 cm³/mol. The molecule has 2 heterocycles. The zero-order chi connectivity index (χ0) is 8.39. The summed E-state index contributed by atoms with van der Waals surface area (Å²) in [4.78, 5) is 0. The fourth-order valence-corrected chi connectivity index (χ4v) is 1.81. The number of hydrogen-bond acceptors (Lipinski definition) is 3. The first-order valence-electron chi connectivity index (χ1n) is 3.43. The molecule has 0 fully saturated rings. The van der Waals surface area contributed by atoms with Crippen LogP contribution in [0.3, 0.4) is 0 Å². The maximum absolute atomic E-state index is 4.96. The van der Waals surface area contributed by atoms with Crippen molar-refractivity contribution in [3.8, 4) is 11.1 Å². The Hall–Kier alpha value is -1.00. The Morgan fingerprint density at radius 3 is 3.00 bits per heavy atom. The zero-order valence-electron chi connectivity index (χ0n) is 6.15. The van der Waals surface area contributed by atoms with Crippen molar-refractivity contribution in [2.75, 3.05) is 0 Å². The van der Waals surface area contributed by atoms with Gasteiger partial charge in [-0.1, -0.05) is 12.2 Å². The number of H-pyrrole nitrogens is 1. The lowest BCUT2D eigenvalue weighted by Gasteiger charge is -1.93. The average molecular weight is 194 g/mol. The Morgan fingerprint density at radius 2 is 2.33 bits per heavy atom. The van der Waals surface area contributed by atoms with E-state index in [-0.39, 0.29) is 0 Å². The van der Waals surface area contributed by atoms with Gasteiger partial charge in [0.25, 0.3) is 0 Å². The maximum atomic E-state index is 4.96. The number of nitrogens with zero attached hydrogens (tertiary/aromatic N) is 1. The molecule has 2 rings (SSSR count). The van der Waals surface area contributed by atoms with Crippen LogP contribution in [0.25, 0.3) is 11.1 Å². The van der Waals surface area contributed by atoms with Gasteiger partial charge in [0.15, 0.2) is 0 Å². The van der Waals surface area contributed by atoms with Crippen LogP contribution in [-0.4, -0.2) is 10.2 Å². The highest BCUT2D eigenvalue weighted by Gasteiger charge is 1.96. The lowest BCUT2D eigenvalue weighted by molar-refractivity contribution is 1.02. The van der Waals surface area contributed by atoms with Crippen molar-refractivity contribution >= 4 is 23.6 Å². The van der Waals surface area contributed by atoms with Crippen molar-refractivity contribution in [2.45, 2.75) is 0 Å². The molecule has 1 N–H and O–H groups in total. The summed E-state index contributed by atoms with van der Waals surface area (Å²) in [6, 6.07) is 3.96. The summed E-state index contributed by atoms with van der Waals surface area (Å²) >= 11 is 6.63. The third-order valence-electron chi connectivity index (χ3n) is 1.52. The van der Waals surface area contributed by atoms with Gasteiger partial charge in [0.2, 0.25) is 0 Å². The number of aromatic nitrogens is 2. The van der Waals surface area contributed by atoms with Crippen molar-refractivity contribution in [3.63, 3.8) is 0 Å². The molecule has 0 saturated heterocycles. The van der Waals surface area contributed by atoms with Gasteiger partial charge in [-0.2, -0.15) is 16.4 Å². The molecular weight excluding hydrogens is 188 g/mol. The van der Waals surface area contributed by atoms with E-state index in [1.807, 2.05) is 11.4 Å². The summed E-state index contributed by atoms with van der Waals surface area (Å²) in [6.07, 6.45) is 1.78. The van der Waals surface area contributed by atoms with E-state index in [4.69, 9.17) is 12.2 Å². The second-order valence-corrected chi connectivity index (χ2v) is 3.57. The molecule has 0 unspecified atom stereocenters. The Balaban J connectivity index is 2.55. The SMILES string of the molecule is S=c1cc(-c2ccsc2)cn[nH]1. The van der Waals surface area contributed by atoms with Gasteiger partial charge in [-0.05, 0) is 28.5 Å². The molecular formula is C8H6N2S2. The highest BCUT2D eigenvalue weighted by Crippen LogP contribution is 2.20. The molecule has 0 saturated carbocycles. The lowest BCUT2D eigenvalue weighted by atomic mass is 10.2. The first-order chi connectivity index (χ1) is 5.86. The van der Waals surface area contributed by atoms with Crippen LogP contribution in [0.4, 0.5) is 0 Å². The molecule has 12 heavy (non-hydrogen) atoms. The third kappa shape index (κ3) is 1.44. The smallest absolute Gasteiger partial charge is 0.120 e. The van der Waals surface area contributed by atoms with Gasteiger partial charge in [-0.15, -0.1) is 0 Å². The van der Waals surface area contributed by atoms with Crippen molar-refractivity contribution in [2.24, 2.45) is 0 Å². The second kappa shape index (κ2) is 3.16. The molecule has 2 aromatic heterocycles. The Labute approximate surface area is 78.9 Å². The van der Waals surface area contributed by atoms with Crippen LogP contribution in [0.1, 0.15) is 0 Å². The van der Waals surface area contributed by atoms with E-state index in [9.17, 15) is 0 Å². The van der Waals surface area contributed by atoms with Crippen molar-refractivity contribution in [3.05, 3.63) is 33.7 Å². The number of thiophene rings is 1. The van der Waals surface area contributed by atoms with Gasteiger partial charge < -0.3 is 0 Å². The van der Waals surface area contributed by atoms with Crippen molar-refractivity contribution in [1.82, 2.24) is 10.2 Å². The second-order valence-electron chi connectivity index (χ2n) is 2.35. The van der Waals surface area contributed by atoms with Gasteiger partial charge in [-0.25, -0.2) is 0 Å². The van der Waals surface area contributed by atoms with Crippen LogP contribution in [0.5, 0.6) is 0 Å². The fourth-order valence-electron chi connectivity index (χ4n) is 0.963. The molecule has 0 aliphatic rings. The molecule has 2 nitrogen and oxygen atoms in total. The summed E-state index contributed by atoms with van der Waals surface area (Å²) < 4.78 is 0.665. The minimum atomic E-state index is 0.665. The average Bonchev–Trinajstić information content (AvgIpc) is 2.56. The van der Waals surface area contributed by atoms with Crippen LogP contribution in [0, 0.1) is 4.64 Å². The number of aromatic amines is 1. The molecule has 60 valence electrons. The zero-order valence-corrected chi connectivity index (χ0v) is 7.78. The van der Waals surface area contributed by atoms with Crippen LogP contribution >= 0.6 is 23.6 Å². The van der Waals surface area contributed by atoms with Gasteiger partial charge in [0.05, 0.1) is 6.20 Å².